The van der Waals surface area contributed by atoms with Gasteiger partial charge in [0.2, 0.25) is 0 Å². The van der Waals surface area contributed by atoms with Crippen molar-refractivity contribution >= 4 is 17.3 Å². The van der Waals surface area contributed by atoms with Crippen molar-refractivity contribution in [2.45, 2.75) is 49.5 Å². The highest BCUT2D eigenvalue weighted by atomic mass is 35.5. The summed E-state index contributed by atoms with van der Waals surface area (Å²) >= 11 is 6.16. The molecule has 0 spiro atoms. The number of halogens is 1. The zero-order valence-corrected chi connectivity index (χ0v) is 16.0. The average molecular weight is 368 g/mol. The van der Waals surface area contributed by atoms with Crippen LogP contribution >= 0.6 is 11.6 Å². The van der Waals surface area contributed by atoms with Crippen LogP contribution in [0.2, 0.25) is 5.02 Å². The molecule has 2 atom stereocenters. The molecule has 4 fully saturated rings. The van der Waals surface area contributed by atoms with E-state index < -0.39 is 0 Å². The molecule has 2 aromatic rings. The highest BCUT2D eigenvalue weighted by Gasteiger charge is 2.59. The molecule has 0 radical (unpaired) electrons. The molecule has 0 aromatic heterocycles. The lowest BCUT2D eigenvalue weighted by Gasteiger charge is -2.65. The van der Waals surface area contributed by atoms with E-state index in [1.54, 1.807) is 12.1 Å². The molecular formula is C23H26ClNO. The minimum absolute atomic E-state index is 0.237. The molecule has 4 aliphatic rings. The van der Waals surface area contributed by atoms with Crippen molar-refractivity contribution in [3.05, 3.63) is 59.1 Å². The van der Waals surface area contributed by atoms with Crippen LogP contribution in [0.15, 0.2) is 48.5 Å². The van der Waals surface area contributed by atoms with Crippen molar-refractivity contribution in [1.82, 2.24) is 0 Å². The van der Waals surface area contributed by atoms with E-state index in [0.717, 1.165) is 16.9 Å². The first kappa shape index (κ1) is 16.5. The molecule has 136 valence electrons. The minimum atomic E-state index is 0.237. The highest BCUT2D eigenvalue weighted by molar-refractivity contribution is 6.30. The summed E-state index contributed by atoms with van der Waals surface area (Å²) in [5.74, 6) is 1.99. The Hall–Kier alpha value is -1.67. The molecule has 6 rings (SSSR count). The third-order valence-electron chi connectivity index (χ3n) is 7.44. The zero-order chi connectivity index (χ0) is 17.9. The number of nitrogens with zero attached hydrogens (tertiary/aromatic N) is 1. The van der Waals surface area contributed by atoms with Crippen LogP contribution in [0.4, 0.5) is 5.69 Å². The maximum atomic E-state index is 9.66. The van der Waals surface area contributed by atoms with Crippen LogP contribution in [-0.4, -0.2) is 17.7 Å². The molecule has 4 bridgehead atoms. The molecule has 4 saturated carbocycles. The summed E-state index contributed by atoms with van der Waals surface area (Å²) in [6.07, 6.45) is 7.89. The van der Waals surface area contributed by atoms with Gasteiger partial charge in [-0.15, -0.1) is 0 Å². The van der Waals surface area contributed by atoms with Gasteiger partial charge in [0.05, 0.1) is 0 Å². The second-order valence-corrected chi connectivity index (χ2v) is 9.48. The van der Waals surface area contributed by atoms with Crippen molar-refractivity contribution in [3.63, 3.8) is 0 Å². The zero-order valence-electron chi connectivity index (χ0n) is 15.3. The molecular weight excluding hydrogens is 342 g/mol. The van der Waals surface area contributed by atoms with E-state index in [9.17, 15) is 5.11 Å². The van der Waals surface area contributed by atoms with E-state index in [0.29, 0.717) is 11.2 Å². The van der Waals surface area contributed by atoms with Crippen LogP contribution in [-0.2, 0) is 5.41 Å². The first-order valence-corrected chi connectivity index (χ1v) is 10.1. The Morgan fingerprint density at radius 3 is 2.15 bits per heavy atom. The summed E-state index contributed by atoms with van der Waals surface area (Å²) in [5, 5.41) is 10.5. The minimum Gasteiger partial charge on any atom is -0.508 e. The molecule has 2 unspecified atom stereocenters. The molecule has 3 heteroatoms. The van der Waals surface area contributed by atoms with Crippen LogP contribution in [0, 0.1) is 11.8 Å². The second-order valence-electron chi connectivity index (χ2n) is 9.05. The summed E-state index contributed by atoms with van der Waals surface area (Å²) in [5.41, 5.74) is 3.25. The lowest BCUT2D eigenvalue weighted by Crippen LogP contribution is -2.63. The van der Waals surface area contributed by atoms with Gasteiger partial charge in [0, 0.05) is 23.3 Å². The van der Waals surface area contributed by atoms with Gasteiger partial charge >= 0.3 is 0 Å². The Bertz CT molecular complexity index is 799. The Morgan fingerprint density at radius 1 is 0.923 bits per heavy atom. The SMILES string of the molecule is CN(c1ccc(O)cc1)C12CC3CC(CC(c4ccc(Cl)cc4)(C3)C1)C2. The summed E-state index contributed by atoms with van der Waals surface area (Å²) in [6, 6.07) is 16.4. The van der Waals surface area contributed by atoms with Crippen LogP contribution < -0.4 is 4.90 Å². The second kappa shape index (κ2) is 5.66. The summed E-state index contributed by atoms with van der Waals surface area (Å²) in [6.45, 7) is 0. The fourth-order valence-electron chi connectivity index (χ4n) is 6.70. The van der Waals surface area contributed by atoms with Gasteiger partial charge in [0.1, 0.15) is 5.75 Å². The first-order chi connectivity index (χ1) is 12.5. The van der Waals surface area contributed by atoms with E-state index >= 15 is 0 Å². The lowest BCUT2D eigenvalue weighted by atomic mass is 9.45. The van der Waals surface area contributed by atoms with Crippen molar-refractivity contribution in [2.24, 2.45) is 11.8 Å². The molecule has 0 saturated heterocycles. The monoisotopic (exact) mass is 367 g/mol. The third kappa shape index (κ3) is 2.45. The maximum Gasteiger partial charge on any atom is 0.115 e. The molecule has 0 amide bonds. The largest absolute Gasteiger partial charge is 0.508 e. The smallest absolute Gasteiger partial charge is 0.115 e. The molecule has 0 aliphatic heterocycles. The van der Waals surface area contributed by atoms with Crippen LogP contribution in [0.3, 0.4) is 0 Å². The third-order valence-corrected chi connectivity index (χ3v) is 7.69. The standard InChI is InChI=1S/C23H26ClNO/c1-25(20-6-8-21(26)9-7-20)23-13-16-10-17(14-23)12-22(11-16,15-23)18-2-4-19(24)5-3-18/h2-9,16-17,26H,10-15H2,1H3. The summed E-state index contributed by atoms with van der Waals surface area (Å²) < 4.78 is 0. The van der Waals surface area contributed by atoms with E-state index in [4.69, 9.17) is 11.6 Å². The maximum absolute atomic E-state index is 9.66. The van der Waals surface area contributed by atoms with Gasteiger partial charge in [0.25, 0.3) is 0 Å². The van der Waals surface area contributed by atoms with Crippen molar-refractivity contribution in [3.8, 4) is 5.75 Å². The highest BCUT2D eigenvalue weighted by Crippen LogP contribution is 2.64. The lowest BCUT2D eigenvalue weighted by molar-refractivity contribution is -0.0247. The van der Waals surface area contributed by atoms with Gasteiger partial charge in [-0.2, -0.15) is 0 Å². The van der Waals surface area contributed by atoms with E-state index in [2.05, 4.69) is 48.3 Å². The quantitative estimate of drug-likeness (QED) is 0.744. The molecule has 0 heterocycles. The van der Waals surface area contributed by atoms with Gasteiger partial charge in [-0.25, -0.2) is 0 Å². The van der Waals surface area contributed by atoms with E-state index in [1.165, 1.54) is 49.8 Å². The molecule has 2 aromatic carbocycles. The van der Waals surface area contributed by atoms with Gasteiger partial charge in [-0.05, 0) is 97.7 Å². The van der Waals surface area contributed by atoms with E-state index in [1.807, 2.05) is 0 Å². The summed E-state index contributed by atoms with van der Waals surface area (Å²) in [4.78, 5) is 2.52. The fraction of sp³-hybridized carbons (Fsp3) is 0.478. The average Bonchev–Trinajstić information content (AvgIpc) is 2.61. The summed E-state index contributed by atoms with van der Waals surface area (Å²) in [7, 11) is 2.26. The van der Waals surface area contributed by atoms with Gasteiger partial charge in [0.15, 0.2) is 0 Å². The van der Waals surface area contributed by atoms with Gasteiger partial charge < -0.3 is 10.0 Å². The molecule has 2 nitrogen and oxygen atoms in total. The van der Waals surface area contributed by atoms with Crippen LogP contribution in [0.5, 0.6) is 5.75 Å². The molecule has 1 N–H and O–H groups in total. The van der Waals surface area contributed by atoms with Crippen LogP contribution in [0.25, 0.3) is 0 Å². The van der Waals surface area contributed by atoms with Crippen molar-refractivity contribution < 1.29 is 5.11 Å². The number of anilines is 1. The van der Waals surface area contributed by atoms with Crippen molar-refractivity contribution in [2.75, 3.05) is 11.9 Å². The molecule has 26 heavy (non-hydrogen) atoms. The number of benzene rings is 2. The Labute approximate surface area is 160 Å². The number of phenolic OH excluding ortho intramolecular Hbond substituents is 1. The van der Waals surface area contributed by atoms with Gasteiger partial charge in [-0.1, -0.05) is 23.7 Å². The first-order valence-electron chi connectivity index (χ1n) is 9.77. The number of hydrogen-bond acceptors (Lipinski definition) is 2. The predicted octanol–water partition coefficient (Wildman–Crippen LogP) is 5.77. The predicted molar refractivity (Wildman–Crippen MR) is 107 cm³/mol. The van der Waals surface area contributed by atoms with Gasteiger partial charge in [-0.3, -0.25) is 0 Å². The number of rotatable bonds is 3. The van der Waals surface area contributed by atoms with Crippen molar-refractivity contribution in [1.29, 1.82) is 0 Å². The topological polar surface area (TPSA) is 23.5 Å². The molecule has 4 aliphatic carbocycles. The number of hydrogen-bond donors (Lipinski definition) is 1. The fourth-order valence-corrected chi connectivity index (χ4v) is 6.82. The number of phenols is 1. The Kier molecular flexibility index (Phi) is 3.59. The Morgan fingerprint density at radius 2 is 1.54 bits per heavy atom. The normalized spacial score (nSPS) is 34.8. The Balaban J connectivity index is 1.54. The number of aromatic hydroxyl groups is 1. The van der Waals surface area contributed by atoms with E-state index in [-0.39, 0.29) is 5.54 Å². The van der Waals surface area contributed by atoms with Crippen LogP contribution in [0.1, 0.15) is 44.1 Å².